The Bertz CT molecular complexity index is 549. The Morgan fingerprint density at radius 2 is 1.55 bits per heavy atom. The van der Waals surface area contributed by atoms with Crippen molar-refractivity contribution >= 4 is 5.97 Å². The van der Waals surface area contributed by atoms with Gasteiger partial charge in [-0.25, -0.2) is 0 Å². The van der Waals surface area contributed by atoms with E-state index >= 15 is 0 Å². The predicted octanol–water partition coefficient (Wildman–Crippen LogP) is 3.63. The Morgan fingerprint density at radius 3 is 1.85 bits per heavy atom. The Labute approximate surface area is 118 Å². The molecule has 1 atom stereocenters. The molecule has 3 heteroatoms. The van der Waals surface area contributed by atoms with Crippen LogP contribution in [0.15, 0.2) is 48.5 Å². The number of carbonyl (C=O) groups is 1. The quantitative estimate of drug-likeness (QED) is 0.787. The molecule has 0 aliphatic heterocycles. The minimum absolute atomic E-state index is 0.344. The smallest absolute Gasteiger partial charge is 0.306 e. The van der Waals surface area contributed by atoms with Crippen molar-refractivity contribution in [3.63, 3.8) is 0 Å². The first-order valence-corrected chi connectivity index (χ1v) is 6.56. The fourth-order valence-electron chi connectivity index (χ4n) is 1.87. The second-order valence-corrected chi connectivity index (χ2v) is 4.87. The van der Waals surface area contributed by atoms with E-state index in [2.05, 4.69) is 24.3 Å². The van der Waals surface area contributed by atoms with Crippen LogP contribution in [0.2, 0.25) is 0 Å². The molecule has 1 N–H and O–H groups in total. The summed E-state index contributed by atoms with van der Waals surface area (Å²) in [6, 6.07) is 15.9. The van der Waals surface area contributed by atoms with Gasteiger partial charge in [-0.1, -0.05) is 43.3 Å². The van der Waals surface area contributed by atoms with Crippen molar-refractivity contribution in [3.05, 3.63) is 54.1 Å². The number of carboxylic acids is 1. The summed E-state index contributed by atoms with van der Waals surface area (Å²) in [5.74, 6) is -0.319. The van der Waals surface area contributed by atoms with Gasteiger partial charge in [0.05, 0.1) is 13.0 Å². The summed E-state index contributed by atoms with van der Waals surface area (Å²) >= 11 is 0. The second kappa shape index (κ2) is 6.24. The van der Waals surface area contributed by atoms with Crippen LogP contribution in [0, 0.1) is 5.92 Å². The standard InChI is InChI=1S/C11H14O3.C6H4/c1-8(11(12)13)7-9-3-5-10(14-2)6-4-9;1-2-6-4-3-5(1)6/h3-6,8H,7H2,1-2H3,(H,12,13);1-4H. The lowest BCUT2D eigenvalue weighted by Crippen LogP contribution is -2.12. The summed E-state index contributed by atoms with van der Waals surface area (Å²) < 4.78 is 5.01. The fourth-order valence-corrected chi connectivity index (χ4v) is 1.87. The van der Waals surface area contributed by atoms with Crippen LogP contribution in [0.3, 0.4) is 0 Å². The van der Waals surface area contributed by atoms with Gasteiger partial charge in [-0.3, -0.25) is 4.79 Å². The van der Waals surface area contributed by atoms with Gasteiger partial charge in [0.2, 0.25) is 0 Å². The van der Waals surface area contributed by atoms with E-state index in [0.29, 0.717) is 6.42 Å². The van der Waals surface area contributed by atoms with Crippen LogP contribution < -0.4 is 4.74 Å². The minimum atomic E-state index is -0.763. The molecule has 3 rings (SSSR count). The summed E-state index contributed by atoms with van der Waals surface area (Å²) in [5.41, 5.74) is 3.87. The Kier molecular flexibility index (Phi) is 4.41. The molecule has 3 nitrogen and oxygen atoms in total. The number of methoxy groups -OCH3 is 1. The van der Waals surface area contributed by atoms with Crippen LogP contribution in [-0.2, 0) is 11.2 Å². The van der Waals surface area contributed by atoms with Crippen LogP contribution in [0.1, 0.15) is 12.5 Å². The topological polar surface area (TPSA) is 46.5 Å². The Balaban J connectivity index is 0.000000198. The average molecular weight is 270 g/mol. The molecule has 1 aromatic carbocycles. The number of carboxylic acid groups (broad SMARTS) is 1. The van der Waals surface area contributed by atoms with Crippen molar-refractivity contribution in [3.8, 4) is 16.9 Å². The zero-order chi connectivity index (χ0) is 14.5. The van der Waals surface area contributed by atoms with Gasteiger partial charge in [0.1, 0.15) is 5.75 Å². The largest absolute Gasteiger partial charge is 0.497 e. The molecule has 1 aromatic rings. The molecule has 0 saturated heterocycles. The van der Waals surface area contributed by atoms with Gasteiger partial charge in [-0.2, -0.15) is 0 Å². The summed E-state index contributed by atoms with van der Waals surface area (Å²) in [4.78, 5) is 10.6. The van der Waals surface area contributed by atoms with Crippen molar-refractivity contribution in [2.45, 2.75) is 13.3 Å². The van der Waals surface area contributed by atoms with Crippen LogP contribution >= 0.6 is 0 Å². The van der Waals surface area contributed by atoms with Gasteiger partial charge in [-0.15, -0.1) is 0 Å². The number of hydrogen-bond acceptors (Lipinski definition) is 2. The molecule has 2 aliphatic carbocycles. The maximum atomic E-state index is 10.6. The molecule has 0 fully saturated rings. The van der Waals surface area contributed by atoms with E-state index in [1.54, 1.807) is 14.0 Å². The summed E-state index contributed by atoms with van der Waals surface area (Å²) in [6.07, 6.45) is 0.555. The fraction of sp³-hybridized carbons (Fsp3) is 0.235. The van der Waals surface area contributed by atoms with Crippen LogP contribution in [-0.4, -0.2) is 18.2 Å². The van der Waals surface area contributed by atoms with Crippen molar-refractivity contribution in [1.29, 1.82) is 0 Å². The molecule has 2 aliphatic rings. The molecule has 0 radical (unpaired) electrons. The maximum absolute atomic E-state index is 10.6. The number of aliphatic carboxylic acids is 1. The number of ether oxygens (including phenoxy) is 1. The molecular weight excluding hydrogens is 252 g/mol. The van der Waals surface area contributed by atoms with Gasteiger partial charge < -0.3 is 9.84 Å². The highest BCUT2D eigenvalue weighted by molar-refractivity contribution is 5.75. The summed E-state index contributed by atoms with van der Waals surface area (Å²) in [6.45, 7) is 1.70. The van der Waals surface area contributed by atoms with E-state index in [9.17, 15) is 4.79 Å². The zero-order valence-electron chi connectivity index (χ0n) is 11.7. The van der Waals surface area contributed by atoms with Gasteiger partial charge in [0.15, 0.2) is 0 Å². The predicted molar refractivity (Wildman–Crippen MR) is 78.9 cm³/mol. The van der Waals surface area contributed by atoms with E-state index in [0.717, 1.165) is 11.3 Å². The third-order valence-corrected chi connectivity index (χ3v) is 3.34. The number of rotatable bonds is 4. The highest BCUT2D eigenvalue weighted by Crippen LogP contribution is 2.29. The van der Waals surface area contributed by atoms with Gasteiger partial charge in [0, 0.05) is 0 Å². The molecule has 0 bridgehead atoms. The van der Waals surface area contributed by atoms with Gasteiger partial charge in [0.25, 0.3) is 0 Å². The number of hydrogen-bond donors (Lipinski definition) is 1. The van der Waals surface area contributed by atoms with E-state index in [1.807, 2.05) is 24.3 Å². The number of benzene rings is 2. The van der Waals surface area contributed by atoms with Gasteiger partial charge >= 0.3 is 5.97 Å². The van der Waals surface area contributed by atoms with Crippen molar-refractivity contribution in [2.24, 2.45) is 5.92 Å². The lowest BCUT2D eigenvalue weighted by molar-refractivity contribution is -0.141. The van der Waals surface area contributed by atoms with Crippen molar-refractivity contribution in [1.82, 2.24) is 0 Å². The molecule has 0 amide bonds. The molecule has 1 unspecified atom stereocenters. The second-order valence-electron chi connectivity index (χ2n) is 4.87. The van der Waals surface area contributed by atoms with Crippen LogP contribution in [0.4, 0.5) is 0 Å². The summed E-state index contributed by atoms with van der Waals surface area (Å²) in [7, 11) is 1.61. The molecule has 0 saturated carbocycles. The third kappa shape index (κ3) is 3.38. The van der Waals surface area contributed by atoms with E-state index in [-0.39, 0.29) is 5.92 Å². The first kappa shape index (κ1) is 14.1. The minimum Gasteiger partial charge on any atom is -0.497 e. The van der Waals surface area contributed by atoms with Gasteiger partial charge in [-0.05, 0) is 35.2 Å². The van der Waals surface area contributed by atoms with E-state index < -0.39 is 5.97 Å². The molecule has 0 spiro atoms. The lowest BCUT2D eigenvalue weighted by Gasteiger charge is -2.10. The van der Waals surface area contributed by atoms with E-state index in [1.165, 1.54) is 11.1 Å². The zero-order valence-corrected chi connectivity index (χ0v) is 11.7. The molecule has 0 aromatic heterocycles. The monoisotopic (exact) mass is 270 g/mol. The van der Waals surface area contributed by atoms with Crippen LogP contribution in [0.5, 0.6) is 5.75 Å². The van der Waals surface area contributed by atoms with Crippen molar-refractivity contribution < 1.29 is 14.6 Å². The Hall–Kier alpha value is -2.29. The molecular formula is C17H18O3. The highest BCUT2D eigenvalue weighted by atomic mass is 16.5. The average Bonchev–Trinajstić information content (AvgIpc) is 2.44. The molecule has 104 valence electrons. The normalized spacial score (nSPS) is 11.9. The van der Waals surface area contributed by atoms with E-state index in [4.69, 9.17) is 9.84 Å². The Morgan fingerprint density at radius 1 is 1.05 bits per heavy atom. The first-order valence-electron chi connectivity index (χ1n) is 6.56. The third-order valence-electron chi connectivity index (χ3n) is 3.34. The highest BCUT2D eigenvalue weighted by Gasteiger charge is 2.11. The SMILES string of the molecule is COc1ccc(CC(C)C(=O)O)cc1.c1cc2ccc1-2. The summed E-state index contributed by atoms with van der Waals surface area (Å²) in [5, 5.41) is 8.72. The van der Waals surface area contributed by atoms with Crippen LogP contribution in [0.25, 0.3) is 11.1 Å². The number of fused-ring (bicyclic) bond motifs is 1. The first-order chi connectivity index (χ1) is 9.60. The van der Waals surface area contributed by atoms with Crippen molar-refractivity contribution in [2.75, 3.05) is 7.11 Å². The maximum Gasteiger partial charge on any atom is 0.306 e. The molecule has 0 heterocycles. The lowest BCUT2D eigenvalue weighted by atomic mass is 9.95. The molecule has 20 heavy (non-hydrogen) atoms.